The van der Waals surface area contributed by atoms with Gasteiger partial charge in [-0.05, 0) is 48.1 Å². The van der Waals surface area contributed by atoms with Crippen molar-refractivity contribution in [3.05, 3.63) is 59.2 Å². The molecule has 6 nitrogen and oxygen atoms in total. The molecule has 0 unspecified atom stereocenters. The molecular formula is C25H32N2O4. The summed E-state index contributed by atoms with van der Waals surface area (Å²) in [6, 6.07) is 13.0. The summed E-state index contributed by atoms with van der Waals surface area (Å²) in [5.74, 6) is 1.02. The van der Waals surface area contributed by atoms with Gasteiger partial charge in [-0.3, -0.25) is 9.59 Å². The number of carbonyl (C=O) groups is 2. The molecule has 1 N–H and O–H groups in total. The molecule has 0 aliphatic carbocycles. The third-order valence-corrected chi connectivity index (χ3v) is 5.73. The minimum Gasteiger partial charge on any atom is -0.497 e. The molecule has 6 heteroatoms. The van der Waals surface area contributed by atoms with Crippen molar-refractivity contribution in [3.63, 3.8) is 0 Å². The van der Waals surface area contributed by atoms with Crippen LogP contribution in [0.2, 0.25) is 0 Å². The zero-order chi connectivity index (χ0) is 22.6. The van der Waals surface area contributed by atoms with Crippen LogP contribution in [0.3, 0.4) is 0 Å². The fourth-order valence-electron chi connectivity index (χ4n) is 3.73. The molecule has 0 aromatic heterocycles. The van der Waals surface area contributed by atoms with Gasteiger partial charge >= 0.3 is 0 Å². The molecule has 0 atom stereocenters. The van der Waals surface area contributed by atoms with Gasteiger partial charge in [0.2, 0.25) is 0 Å². The van der Waals surface area contributed by atoms with E-state index in [1.807, 2.05) is 29.2 Å². The Hall–Kier alpha value is -3.02. The van der Waals surface area contributed by atoms with E-state index in [1.165, 1.54) is 5.56 Å². The summed E-state index contributed by atoms with van der Waals surface area (Å²) in [5, 5.41) is 3.07. The normalized spacial score (nSPS) is 14.8. The molecule has 3 rings (SSSR count). The lowest BCUT2D eigenvalue weighted by Crippen LogP contribution is -2.46. The first-order chi connectivity index (χ1) is 14.7. The Bertz CT molecular complexity index is 901. The SMILES string of the molecule is COc1cc(OC)cc(C(=O)NC2CCN(C(=O)c3ccc(C(C)(C)C)cc3)CC2)c1. The molecule has 0 spiro atoms. The van der Waals surface area contributed by atoms with Gasteiger partial charge in [0, 0.05) is 36.3 Å². The topological polar surface area (TPSA) is 67.9 Å². The minimum atomic E-state index is -0.167. The van der Waals surface area contributed by atoms with Crippen LogP contribution in [0.1, 0.15) is 59.9 Å². The van der Waals surface area contributed by atoms with Crippen LogP contribution >= 0.6 is 0 Å². The minimum absolute atomic E-state index is 0.0250. The van der Waals surface area contributed by atoms with Gasteiger partial charge < -0.3 is 19.7 Å². The van der Waals surface area contributed by atoms with Crippen molar-refractivity contribution < 1.29 is 19.1 Å². The Labute approximate surface area is 184 Å². The number of nitrogens with one attached hydrogen (secondary N) is 1. The monoisotopic (exact) mass is 424 g/mol. The second kappa shape index (κ2) is 9.41. The third kappa shape index (κ3) is 5.57. The quantitative estimate of drug-likeness (QED) is 0.787. The maximum Gasteiger partial charge on any atom is 0.253 e. The van der Waals surface area contributed by atoms with Crippen molar-refractivity contribution in [2.45, 2.75) is 45.1 Å². The number of amides is 2. The summed E-state index contributed by atoms with van der Waals surface area (Å²) in [7, 11) is 3.11. The average Bonchev–Trinajstić information content (AvgIpc) is 2.78. The Morgan fingerprint density at radius 1 is 0.903 bits per heavy atom. The number of methoxy groups -OCH3 is 2. The lowest BCUT2D eigenvalue weighted by Gasteiger charge is -2.32. The first-order valence-electron chi connectivity index (χ1n) is 10.6. The molecule has 0 saturated carbocycles. The van der Waals surface area contributed by atoms with Gasteiger partial charge in [-0.25, -0.2) is 0 Å². The Morgan fingerprint density at radius 3 is 1.94 bits per heavy atom. The molecule has 2 aromatic carbocycles. The van der Waals surface area contributed by atoms with Crippen LogP contribution in [0.25, 0.3) is 0 Å². The summed E-state index contributed by atoms with van der Waals surface area (Å²) in [4.78, 5) is 27.4. The molecule has 2 amide bonds. The van der Waals surface area contributed by atoms with Crippen molar-refractivity contribution in [2.24, 2.45) is 0 Å². The van der Waals surface area contributed by atoms with E-state index in [2.05, 4.69) is 26.1 Å². The average molecular weight is 425 g/mol. The number of hydrogen-bond donors (Lipinski definition) is 1. The maximum atomic E-state index is 12.9. The van der Waals surface area contributed by atoms with E-state index >= 15 is 0 Å². The number of nitrogens with zero attached hydrogens (tertiary/aromatic N) is 1. The first-order valence-corrected chi connectivity index (χ1v) is 10.6. The summed E-state index contributed by atoms with van der Waals surface area (Å²) in [5.41, 5.74) is 2.47. The van der Waals surface area contributed by atoms with E-state index in [0.29, 0.717) is 35.7 Å². The van der Waals surface area contributed by atoms with E-state index < -0.39 is 0 Å². The van der Waals surface area contributed by atoms with E-state index in [9.17, 15) is 9.59 Å². The van der Waals surface area contributed by atoms with Gasteiger partial charge in [0.1, 0.15) is 11.5 Å². The third-order valence-electron chi connectivity index (χ3n) is 5.73. The Morgan fingerprint density at radius 2 is 1.45 bits per heavy atom. The van der Waals surface area contributed by atoms with E-state index in [4.69, 9.17) is 9.47 Å². The van der Waals surface area contributed by atoms with Crippen molar-refractivity contribution in [1.29, 1.82) is 0 Å². The molecule has 166 valence electrons. The highest BCUT2D eigenvalue weighted by atomic mass is 16.5. The molecule has 1 aliphatic heterocycles. The smallest absolute Gasteiger partial charge is 0.253 e. The molecule has 0 radical (unpaired) electrons. The number of likely N-dealkylation sites (tertiary alicyclic amines) is 1. The summed E-state index contributed by atoms with van der Waals surface area (Å²) in [6.07, 6.45) is 1.44. The van der Waals surface area contributed by atoms with Crippen molar-refractivity contribution >= 4 is 11.8 Å². The van der Waals surface area contributed by atoms with Gasteiger partial charge in [-0.2, -0.15) is 0 Å². The number of piperidine rings is 1. The summed E-state index contributed by atoms with van der Waals surface area (Å²) < 4.78 is 10.5. The predicted octanol–water partition coefficient (Wildman–Crippen LogP) is 4.04. The molecule has 31 heavy (non-hydrogen) atoms. The van der Waals surface area contributed by atoms with Gasteiger partial charge in [0.05, 0.1) is 14.2 Å². The van der Waals surface area contributed by atoms with Crippen LogP contribution in [-0.4, -0.2) is 50.1 Å². The van der Waals surface area contributed by atoms with Crippen LogP contribution in [0.4, 0.5) is 0 Å². The van der Waals surface area contributed by atoms with Crippen LogP contribution in [-0.2, 0) is 5.41 Å². The Kier molecular flexibility index (Phi) is 6.88. The van der Waals surface area contributed by atoms with Gasteiger partial charge in [0.15, 0.2) is 0 Å². The van der Waals surface area contributed by atoms with Crippen LogP contribution in [0.15, 0.2) is 42.5 Å². The van der Waals surface area contributed by atoms with E-state index in [0.717, 1.165) is 12.8 Å². The molecule has 1 fully saturated rings. The predicted molar refractivity (Wildman–Crippen MR) is 121 cm³/mol. The highest BCUT2D eigenvalue weighted by molar-refractivity contribution is 5.95. The molecular weight excluding hydrogens is 392 g/mol. The van der Waals surface area contributed by atoms with Gasteiger partial charge in [-0.15, -0.1) is 0 Å². The van der Waals surface area contributed by atoms with Crippen molar-refractivity contribution in [1.82, 2.24) is 10.2 Å². The molecule has 2 aromatic rings. The van der Waals surface area contributed by atoms with Gasteiger partial charge in [0.25, 0.3) is 11.8 Å². The molecule has 1 saturated heterocycles. The summed E-state index contributed by atoms with van der Waals surface area (Å²) >= 11 is 0. The summed E-state index contributed by atoms with van der Waals surface area (Å²) in [6.45, 7) is 7.71. The molecule has 1 heterocycles. The highest BCUT2D eigenvalue weighted by Crippen LogP contribution is 2.24. The lowest BCUT2D eigenvalue weighted by atomic mass is 9.86. The van der Waals surface area contributed by atoms with Crippen molar-refractivity contribution in [3.8, 4) is 11.5 Å². The fraction of sp³-hybridized carbons (Fsp3) is 0.440. The second-order valence-corrected chi connectivity index (χ2v) is 8.97. The molecule has 0 bridgehead atoms. The highest BCUT2D eigenvalue weighted by Gasteiger charge is 2.25. The maximum absolute atomic E-state index is 12.9. The zero-order valence-electron chi connectivity index (χ0n) is 19.0. The van der Waals surface area contributed by atoms with E-state index in [-0.39, 0.29) is 23.3 Å². The van der Waals surface area contributed by atoms with Gasteiger partial charge in [-0.1, -0.05) is 32.9 Å². The first kappa shape index (κ1) is 22.7. The lowest BCUT2D eigenvalue weighted by molar-refractivity contribution is 0.0698. The van der Waals surface area contributed by atoms with E-state index in [1.54, 1.807) is 32.4 Å². The number of ether oxygens (including phenoxy) is 2. The number of rotatable bonds is 5. The molecule has 1 aliphatic rings. The Balaban J connectivity index is 1.57. The number of carbonyl (C=O) groups excluding carboxylic acids is 2. The fourth-order valence-corrected chi connectivity index (χ4v) is 3.73. The van der Waals surface area contributed by atoms with Crippen LogP contribution in [0.5, 0.6) is 11.5 Å². The standard InChI is InChI=1S/C25H32N2O4/c1-25(2,3)19-8-6-17(7-9-19)24(29)27-12-10-20(11-13-27)26-23(28)18-14-21(30-4)16-22(15-18)31-5/h6-9,14-16,20H,10-13H2,1-5H3,(H,26,28). The largest absolute Gasteiger partial charge is 0.497 e. The zero-order valence-corrected chi connectivity index (χ0v) is 19.0. The van der Waals surface area contributed by atoms with Crippen LogP contribution < -0.4 is 14.8 Å². The van der Waals surface area contributed by atoms with Crippen LogP contribution in [0, 0.1) is 0 Å². The van der Waals surface area contributed by atoms with Crippen molar-refractivity contribution in [2.75, 3.05) is 27.3 Å². The number of hydrogen-bond acceptors (Lipinski definition) is 4. The second-order valence-electron chi connectivity index (χ2n) is 8.97. The number of benzene rings is 2.